The third-order valence-corrected chi connectivity index (χ3v) is 4.44. The van der Waals surface area contributed by atoms with Gasteiger partial charge in [-0.3, -0.25) is 0 Å². The largest absolute Gasteiger partial charge is 0.368 e. The Kier molecular flexibility index (Phi) is 4.67. The summed E-state index contributed by atoms with van der Waals surface area (Å²) in [6.45, 7) is 11.0. The van der Waals surface area contributed by atoms with Gasteiger partial charge in [0.25, 0.3) is 0 Å². The highest BCUT2D eigenvalue weighted by Crippen LogP contribution is 2.29. The molecule has 19 heavy (non-hydrogen) atoms. The minimum absolute atomic E-state index is 0.344. The van der Waals surface area contributed by atoms with Gasteiger partial charge in [0.05, 0.1) is 23.5 Å². The van der Waals surface area contributed by atoms with E-state index in [1.54, 1.807) is 0 Å². The fourth-order valence-electron chi connectivity index (χ4n) is 2.55. The van der Waals surface area contributed by atoms with Crippen LogP contribution in [0, 0.1) is 11.8 Å². The molecule has 1 fully saturated rings. The molecule has 2 heterocycles. The van der Waals surface area contributed by atoms with E-state index >= 15 is 0 Å². The first-order valence-electron chi connectivity index (χ1n) is 7.19. The molecule has 0 aromatic carbocycles. The van der Waals surface area contributed by atoms with E-state index in [-0.39, 0.29) is 0 Å². The highest BCUT2D eigenvalue weighted by Gasteiger charge is 2.25. The van der Waals surface area contributed by atoms with E-state index < -0.39 is 0 Å². The standard InChI is InChI=1S/C15H24ClN3/c1-10(2)15-17-8-14(13(7-16)18-15)19-6-5-11(3)12(4)9-19/h8,10-12H,5-7,9H2,1-4H3. The van der Waals surface area contributed by atoms with Gasteiger partial charge >= 0.3 is 0 Å². The van der Waals surface area contributed by atoms with Crippen molar-refractivity contribution in [2.75, 3.05) is 18.0 Å². The summed E-state index contributed by atoms with van der Waals surface area (Å²) in [6.07, 6.45) is 3.19. The molecule has 1 aliphatic heterocycles. The molecule has 3 nitrogen and oxygen atoms in total. The second-order valence-corrected chi connectivity index (χ2v) is 6.30. The molecule has 2 atom stereocenters. The average molecular weight is 282 g/mol. The molecule has 1 aromatic rings. The van der Waals surface area contributed by atoms with Gasteiger partial charge in [-0.05, 0) is 18.3 Å². The molecule has 106 valence electrons. The molecular formula is C15H24ClN3. The lowest BCUT2D eigenvalue weighted by Crippen LogP contribution is -2.39. The van der Waals surface area contributed by atoms with Crippen LogP contribution in [0.1, 0.15) is 51.6 Å². The average Bonchev–Trinajstić information content (AvgIpc) is 2.41. The maximum Gasteiger partial charge on any atom is 0.131 e. The van der Waals surface area contributed by atoms with Gasteiger partial charge in [-0.15, -0.1) is 11.6 Å². The Bertz CT molecular complexity index is 433. The maximum atomic E-state index is 6.08. The van der Waals surface area contributed by atoms with Gasteiger partial charge in [-0.25, -0.2) is 9.97 Å². The maximum absolute atomic E-state index is 6.08. The van der Waals surface area contributed by atoms with Crippen LogP contribution in [0.5, 0.6) is 0 Å². The summed E-state index contributed by atoms with van der Waals surface area (Å²) in [7, 11) is 0. The normalized spacial score (nSPS) is 24.0. The molecule has 0 radical (unpaired) electrons. The van der Waals surface area contributed by atoms with Crippen LogP contribution in [-0.4, -0.2) is 23.1 Å². The number of anilines is 1. The van der Waals surface area contributed by atoms with E-state index in [1.165, 1.54) is 6.42 Å². The molecule has 0 N–H and O–H groups in total. The van der Waals surface area contributed by atoms with Crippen molar-refractivity contribution >= 4 is 17.3 Å². The van der Waals surface area contributed by atoms with Crippen molar-refractivity contribution in [1.82, 2.24) is 9.97 Å². The highest BCUT2D eigenvalue weighted by atomic mass is 35.5. The van der Waals surface area contributed by atoms with Crippen LogP contribution in [0.3, 0.4) is 0 Å². The van der Waals surface area contributed by atoms with Gasteiger partial charge in [0, 0.05) is 19.0 Å². The first-order chi connectivity index (χ1) is 9.02. The number of hydrogen-bond donors (Lipinski definition) is 0. The summed E-state index contributed by atoms with van der Waals surface area (Å²) in [5.41, 5.74) is 2.10. The summed E-state index contributed by atoms with van der Waals surface area (Å²) >= 11 is 6.08. The zero-order valence-corrected chi connectivity index (χ0v) is 13.1. The van der Waals surface area contributed by atoms with Crippen LogP contribution < -0.4 is 4.90 Å². The molecule has 1 saturated heterocycles. The van der Waals surface area contributed by atoms with Crippen molar-refractivity contribution in [3.05, 3.63) is 17.7 Å². The molecule has 0 saturated carbocycles. The Morgan fingerprint density at radius 2 is 2.11 bits per heavy atom. The van der Waals surface area contributed by atoms with Gasteiger partial charge in [0.15, 0.2) is 0 Å². The Hall–Kier alpha value is -0.830. The van der Waals surface area contributed by atoms with E-state index in [0.717, 1.165) is 36.2 Å². The third-order valence-electron chi connectivity index (χ3n) is 4.18. The van der Waals surface area contributed by atoms with E-state index in [1.807, 2.05) is 6.20 Å². The van der Waals surface area contributed by atoms with Crippen LogP contribution in [-0.2, 0) is 5.88 Å². The van der Waals surface area contributed by atoms with Crippen LogP contribution in [0.4, 0.5) is 5.69 Å². The number of halogens is 1. The molecule has 2 unspecified atom stereocenters. The van der Waals surface area contributed by atoms with Crippen molar-refractivity contribution in [3.63, 3.8) is 0 Å². The fourth-order valence-corrected chi connectivity index (χ4v) is 2.75. The van der Waals surface area contributed by atoms with E-state index in [2.05, 4.69) is 42.6 Å². The Morgan fingerprint density at radius 1 is 1.37 bits per heavy atom. The zero-order valence-electron chi connectivity index (χ0n) is 12.4. The molecule has 1 aromatic heterocycles. The summed E-state index contributed by atoms with van der Waals surface area (Å²) < 4.78 is 0. The lowest BCUT2D eigenvalue weighted by atomic mass is 9.88. The number of aromatic nitrogens is 2. The molecule has 1 aliphatic rings. The molecule has 2 rings (SSSR count). The second kappa shape index (κ2) is 6.08. The number of hydrogen-bond acceptors (Lipinski definition) is 3. The van der Waals surface area contributed by atoms with Crippen molar-refractivity contribution in [1.29, 1.82) is 0 Å². The van der Waals surface area contributed by atoms with Crippen LogP contribution in [0.25, 0.3) is 0 Å². The summed E-state index contributed by atoms with van der Waals surface area (Å²) in [5.74, 6) is 3.19. The quantitative estimate of drug-likeness (QED) is 0.789. The van der Waals surface area contributed by atoms with Crippen LogP contribution in [0.2, 0.25) is 0 Å². The van der Waals surface area contributed by atoms with Crippen LogP contribution >= 0.6 is 11.6 Å². The molecular weight excluding hydrogens is 258 g/mol. The molecule has 0 aliphatic carbocycles. The van der Waals surface area contributed by atoms with Crippen molar-refractivity contribution in [2.45, 2.75) is 45.9 Å². The second-order valence-electron chi connectivity index (χ2n) is 6.04. The predicted octanol–water partition coefficient (Wildman–Crippen LogP) is 3.82. The van der Waals surface area contributed by atoms with Gasteiger partial charge in [0.2, 0.25) is 0 Å². The molecule has 0 amide bonds. The number of nitrogens with zero attached hydrogens (tertiary/aromatic N) is 3. The van der Waals surface area contributed by atoms with Gasteiger partial charge in [-0.1, -0.05) is 27.7 Å². The van der Waals surface area contributed by atoms with Crippen molar-refractivity contribution in [3.8, 4) is 0 Å². The van der Waals surface area contributed by atoms with Gasteiger partial charge < -0.3 is 4.90 Å². The van der Waals surface area contributed by atoms with Gasteiger partial charge in [0.1, 0.15) is 5.82 Å². The minimum Gasteiger partial charge on any atom is -0.368 e. The third kappa shape index (κ3) is 3.19. The number of rotatable bonds is 3. The fraction of sp³-hybridized carbons (Fsp3) is 0.733. The first-order valence-corrected chi connectivity index (χ1v) is 7.73. The molecule has 0 bridgehead atoms. The predicted molar refractivity (Wildman–Crippen MR) is 80.8 cm³/mol. The van der Waals surface area contributed by atoms with E-state index in [9.17, 15) is 0 Å². The highest BCUT2D eigenvalue weighted by molar-refractivity contribution is 6.17. The molecule has 0 spiro atoms. The Labute approximate surface area is 121 Å². The Balaban J connectivity index is 2.24. The lowest BCUT2D eigenvalue weighted by molar-refractivity contribution is 0.323. The Morgan fingerprint density at radius 3 is 2.68 bits per heavy atom. The summed E-state index contributed by atoms with van der Waals surface area (Å²) in [6, 6.07) is 0. The molecule has 4 heteroatoms. The number of piperidine rings is 1. The lowest BCUT2D eigenvalue weighted by Gasteiger charge is -2.37. The first kappa shape index (κ1) is 14.6. The number of alkyl halides is 1. The van der Waals surface area contributed by atoms with E-state index in [0.29, 0.717) is 17.7 Å². The minimum atomic E-state index is 0.344. The van der Waals surface area contributed by atoms with Crippen molar-refractivity contribution in [2.24, 2.45) is 11.8 Å². The zero-order chi connectivity index (χ0) is 14.0. The van der Waals surface area contributed by atoms with Crippen LogP contribution in [0.15, 0.2) is 6.20 Å². The van der Waals surface area contributed by atoms with Gasteiger partial charge in [-0.2, -0.15) is 0 Å². The monoisotopic (exact) mass is 281 g/mol. The smallest absolute Gasteiger partial charge is 0.131 e. The SMILES string of the molecule is CC(C)c1ncc(N2CCC(C)C(C)C2)c(CCl)n1. The summed E-state index contributed by atoms with van der Waals surface area (Å²) in [4.78, 5) is 11.5. The summed E-state index contributed by atoms with van der Waals surface area (Å²) in [5, 5.41) is 0. The topological polar surface area (TPSA) is 29.0 Å². The van der Waals surface area contributed by atoms with Crippen molar-refractivity contribution < 1.29 is 0 Å². The van der Waals surface area contributed by atoms with E-state index in [4.69, 9.17) is 11.6 Å².